The molecule has 0 aliphatic rings. The average Bonchev–Trinajstić information content (AvgIpc) is 3.18. The van der Waals surface area contributed by atoms with E-state index in [4.69, 9.17) is 14.2 Å². The highest BCUT2D eigenvalue weighted by Gasteiger charge is 2.14. The molecule has 0 aliphatic carbocycles. The fourth-order valence-corrected chi connectivity index (χ4v) is 3.51. The summed E-state index contributed by atoms with van der Waals surface area (Å²) in [4.78, 5) is 5.33. The van der Waals surface area contributed by atoms with Crippen LogP contribution in [0.3, 0.4) is 0 Å². The lowest BCUT2D eigenvalue weighted by Gasteiger charge is -2.11. The Bertz CT molecular complexity index is 1070. The number of benzene rings is 2. The van der Waals surface area contributed by atoms with Gasteiger partial charge in [0, 0.05) is 10.9 Å². The second-order valence-electron chi connectivity index (χ2n) is 5.93. The molecule has 150 valence electrons. The second kappa shape index (κ2) is 9.75. The van der Waals surface area contributed by atoms with Crippen molar-refractivity contribution in [2.24, 2.45) is 10.1 Å². The minimum absolute atomic E-state index is 0.507. The van der Waals surface area contributed by atoms with E-state index < -0.39 is 0 Å². The summed E-state index contributed by atoms with van der Waals surface area (Å²) < 4.78 is 18.0. The normalized spacial score (nSPS) is 11.6. The molecule has 29 heavy (non-hydrogen) atoms. The van der Waals surface area contributed by atoms with Crippen LogP contribution in [-0.4, -0.2) is 38.8 Å². The van der Waals surface area contributed by atoms with Gasteiger partial charge in [0.25, 0.3) is 0 Å². The van der Waals surface area contributed by atoms with E-state index in [9.17, 15) is 0 Å². The summed E-state index contributed by atoms with van der Waals surface area (Å²) >= 11 is 1.50. The fourth-order valence-electron chi connectivity index (χ4n) is 2.68. The number of ether oxygens (including phenoxy) is 3. The van der Waals surface area contributed by atoms with Crippen LogP contribution < -0.4 is 19.0 Å². The molecule has 0 amide bonds. The number of nitrogens with zero attached hydrogens (tertiary/aromatic N) is 3. The number of rotatable bonds is 8. The van der Waals surface area contributed by atoms with Crippen LogP contribution in [0, 0.1) is 0 Å². The van der Waals surface area contributed by atoms with E-state index in [1.54, 1.807) is 38.3 Å². The van der Waals surface area contributed by atoms with E-state index in [2.05, 4.69) is 16.7 Å². The first-order chi connectivity index (χ1) is 14.2. The molecular formula is C22H23N3O3S. The zero-order valence-electron chi connectivity index (χ0n) is 16.7. The fraction of sp³-hybridized carbons (Fsp3) is 0.182. The zero-order chi connectivity index (χ0) is 20.6. The Morgan fingerprint density at radius 3 is 2.38 bits per heavy atom. The van der Waals surface area contributed by atoms with Gasteiger partial charge in [-0.2, -0.15) is 5.10 Å². The molecule has 7 heteroatoms. The van der Waals surface area contributed by atoms with Crippen LogP contribution in [0.5, 0.6) is 17.2 Å². The van der Waals surface area contributed by atoms with Gasteiger partial charge >= 0.3 is 0 Å². The highest BCUT2D eigenvalue weighted by molar-refractivity contribution is 7.07. The molecule has 1 heterocycles. The summed E-state index contributed by atoms with van der Waals surface area (Å²) in [7, 11) is 4.93. The predicted molar refractivity (Wildman–Crippen MR) is 117 cm³/mol. The van der Waals surface area contributed by atoms with Crippen LogP contribution in [0.1, 0.15) is 5.56 Å². The first-order valence-electron chi connectivity index (χ1n) is 8.93. The number of hydrogen-bond acceptors (Lipinski definition) is 6. The maximum atomic E-state index is 5.56. The SMILES string of the molecule is C=CCN=c1scc(-c2cc(OC)ccc2OC)n1N=Cc1ccc(OC)cc1. The largest absolute Gasteiger partial charge is 0.497 e. The van der Waals surface area contributed by atoms with E-state index in [0.717, 1.165) is 38.9 Å². The van der Waals surface area contributed by atoms with E-state index in [1.165, 1.54) is 11.3 Å². The minimum atomic E-state index is 0.507. The van der Waals surface area contributed by atoms with Crippen LogP contribution in [0.4, 0.5) is 0 Å². The van der Waals surface area contributed by atoms with Gasteiger partial charge in [0.05, 0.1) is 39.8 Å². The van der Waals surface area contributed by atoms with E-state index >= 15 is 0 Å². The minimum Gasteiger partial charge on any atom is -0.497 e. The third-order valence-electron chi connectivity index (χ3n) is 4.16. The molecule has 2 aromatic carbocycles. The van der Waals surface area contributed by atoms with Crippen LogP contribution >= 0.6 is 11.3 Å². The van der Waals surface area contributed by atoms with Crippen molar-refractivity contribution < 1.29 is 14.2 Å². The van der Waals surface area contributed by atoms with Crippen molar-refractivity contribution in [1.29, 1.82) is 0 Å². The van der Waals surface area contributed by atoms with Crippen LogP contribution in [0.15, 0.2) is 70.6 Å². The standard InChI is InChI=1S/C22H23N3O3S/c1-5-12-23-22-25(24-14-16-6-8-17(26-2)9-7-16)20(15-29-22)19-13-18(27-3)10-11-21(19)28-4/h5-11,13-15H,1,12H2,2-4H3. The van der Waals surface area contributed by atoms with Gasteiger partial charge in [0.15, 0.2) is 0 Å². The van der Waals surface area contributed by atoms with Crippen molar-refractivity contribution in [3.8, 4) is 28.5 Å². The molecule has 6 nitrogen and oxygen atoms in total. The lowest BCUT2D eigenvalue weighted by Crippen LogP contribution is -2.12. The smallest absolute Gasteiger partial charge is 0.206 e. The molecule has 1 aromatic heterocycles. The zero-order valence-corrected chi connectivity index (χ0v) is 17.5. The summed E-state index contributed by atoms with van der Waals surface area (Å²) in [6.07, 6.45) is 3.54. The van der Waals surface area contributed by atoms with Gasteiger partial charge in [0.2, 0.25) is 4.80 Å². The van der Waals surface area contributed by atoms with Gasteiger partial charge in [-0.3, -0.25) is 4.99 Å². The molecule has 0 saturated carbocycles. The molecule has 0 bridgehead atoms. The third-order valence-corrected chi connectivity index (χ3v) is 5.02. The van der Waals surface area contributed by atoms with E-state index in [-0.39, 0.29) is 0 Å². The number of aromatic nitrogens is 1. The molecule has 0 spiro atoms. The lowest BCUT2D eigenvalue weighted by atomic mass is 10.1. The molecule has 0 fully saturated rings. The second-order valence-corrected chi connectivity index (χ2v) is 6.77. The molecule has 0 radical (unpaired) electrons. The highest BCUT2D eigenvalue weighted by Crippen LogP contribution is 2.33. The summed E-state index contributed by atoms with van der Waals surface area (Å²) in [6, 6.07) is 13.4. The Kier molecular flexibility index (Phi) is 6.86. The Balaban J connectivity index is 2.10. The van der Waals surface area contributed by atoms with Gasteiger partial charge in [-0.1, -0.05) is 6.08 Å². The quantitative estimate of drug-likeness (QED) is 0.414. The molecule has 3 rings (SSSR count). The van der Waals surface area contributed by atoms with Crippen molar-refractivity contribution in [3.63, 3.8) is 0 Å². The third kappa shape index (κ3) is 4.75. The Morgan fingerprint density at radius 1 is 1.00 bits per heavy atom. The number of thiazole rings is 1. The summed E-state index contributed by atoms with van der Waals surface area (Å²) in [6.45, 7) is 4.25. The first-order valence-corrected chi connectivity index (χ1v) is 9.81. The van der Waals surface area contributed by atoms with E-state index in [0.29, 0.717) is 6.54 Å². The number of methoxy groups -OCH3 is 3. The van der Waals surface area contributed by atoms with Crippen LogP contribution in [0.25, 0.3) is 11.3 Å². The Hall–Kier alpha value is -3.32. The highest BCUT2D eigenvalue weighted by atomic mass is 32.1. The molecule has 3 aromatic rings. The average molecular weight is 410 g/mol. The van der Waals surface area contributed by atoms with Gasteiger partial charge in [-0.05, 0) is 48.0 Å². The summed E-state index contributed by atoms with van der Waals surface area (Å²) in [5, 5.41) is 6.69. The van der Waals surface area contributed by atoms with Gasteiger partial charge < -0.3 is 14.2 Å². The maximum absolute atomic E-state index is 5.56. The van der Waals surface area contributed by atoms with Gasteiger partial charge in [0.1, 0.15) is 17.2 Å². The predicted octanol–water partition coefficient (Wildman–Crippen LogP) is 4.21. The van der Waals surface area contributed by atoms with Crippen molar-refractivity contribution in [2.45, 2.75) is 0 Å². The Labute approximate surface area is 174 Å². The molecule has 0 aliphatic heterocycles. The molecule has 0 saturated heterocycles. The number of hydrogen-bond donors (Lipinski definition) is 0. The topological polar surface area (TPSA) is 57.3 Å². The van der Waals surface area contributed by atoms with Crippen LogP contribution in [-0.2, 0) is 0 Å². The van der Waals surface area contributed by atoms with Gasteiger partial charge in [-0.15, -0.1) is 17.9 Å². The summed E-state index contributed by atoms with van der Waals surface area (Å²) in [5.74, 6) is 2.27. The Morgan fingerprint density at radius 2 is 1.72 bits per heavy atom. The van der Waals surface area contributed by atoms with Gasteiger partial charge in [-0.25, -0.2) is 4.68 Å². The first kappa shape index (κ1) is 20.4. The van der Waals surface area contributed by atoms with Crippen molar-refractivity contribution >= 4 is 17.6 Å². The molecule has 0 unspecified atom stereocenters. The van der Waals surface area contributed by atoms with E-state index in [1.807, 2.05) is 47.8 Å². The van der Waals surface area contributed by atoms with Crippen molar-refractivity contribution in [1.82, 2.24) is 4.68 Å². The monoisotopic (exact) mass is 409 g/mol. The lowest BCUT2D eigenvalue weighted by molar-refractivity contribution is 0.404. The van der Waals surface area contributed by atoms with Crippen LogP contribution in [0.2, 0.25) is 0 Å². The molecule has 0 atom stereocenters. The van der Waals surface area contributed by atoms with Crippen molar-refractivity contribution in [3.05, 3.63) is 70.9 Å². The summed E-state index contributed by atoms with van der Waals surface area (Å²) in [5.41, 5.74) is 2.68. The maximum Gasteiger partial charge on any atom is 0.206 e. The molecular weight excluding hydrogens is 386 g/mol. The van der Waals surface area contributed by atoms with Crippen molar-refractivity contribution in [2.75, 3.05) is 27.9 Å². The molecule has 0 N–H and O–H groups in total.